The van der Waals surface area contributed by atoms with Gasteiger partial charge in [0, 0.05) is 24.4 Å². The van der Waals surface area contributed by atoms with Crippen LogP contribution >= 0.6 is 11.3 Å². The minimum absolute atomic E-state index is 0.0912. The molecule has 1 N–H and O–H groups in total. The maximum absolute atomic E-state index is 12.5. The summed E-state index contributed by atoms with van der Waals surface area (Å²) in [6, 6.07) is 5.57. The van der Waals surface area contributed by atoms with Gasteiger partial charge in [-0.05, 0) is 42.0 Å². The highest BCUT2D eigenvalue weighted by Gasteiger charge is 2.29. The molecule has 122 valence electrons. The van der Waals surface area contributed by atoms with Crippen LogP contribution in [0.1, 0.15) is 46.8 Å². The summed E-state index contributed by atoms with van der Waals surface area (Å²) in [5, 5.41) is 4.83. The normalized spacial score (nSPS) is 16.9. The van der Waals surface area contributed by atoms with Crippen molar-refractivity contribution < 1.29 is 14.0 Å². The molecule has 1 aliphatic heterocycles. The summed E-state index contributed by atoms with van der Waals surface area (Å²) in [4.78, 5) is 27.7. The van der Waals surface area contributed by atoms with E-state index >= 15 is 0 Å². The van der Waals surface area contributed by atoms with E-state index in [1.54, 1.807) is 23.5 Å². The SMILES string of the molecule is CC[C@H]1c2ccsc2CCN1C(=O)CCNC(=O)c1ccco1. The Morgan fingerprint density at radius 2 is 2.30 bits per heavy atom. The Labute approximate surface area is 139 Å². The van der Waals surface area contributed by atoms with Crippen molar-refractivity contribution in [2.24, 2.45) is 0 Å². The fourth-order valence-electron chi connectivity index (χ4n) is 3.06. The number of thiophene rings is 1. The second-order valence-corrected chi connectivity index (χ2v) is 6.54. The van der Waals surface area contributed by atoms with Gasteiger partial charge in [0.25, 0.3) is 5.91 Å². The molecule has 1 atom stereocenters. The second-order valence-electron chi connectivity index (χ2n) is 5.54. The summed E-state index contributed by atoms with van der Waals surface area (Å²) in [7, 11) is 0. The quantitative estimate of drug-likeness (QED) is 0.915. The van der Waals surface area contributed by atoms with Crippen LogP contribution in [0.4, 0.5) is 0 Å². The first-order chi connectivity index (χ1) is 11.2. The molecule has 1 aliphatic rings. The summed E-state index contributed by atoms with van der Waals surface area (Å²) < 4.78 is 5.03. The number of carbonyl (C=O) groups excluding carboxylic acids is 2. The van der Waals surface area contributed by atoms with Crippen LogP contribution in [0, 0.1) is 0 Å². The van der Waals surface area contributed by atoms with E-state index in [1.165, 1.54) is 16.7 Å². The lowest BCUT2D eigenvalue weighted by Gasteiger charge is -2.35. The molecule has 2 aromatic heterocycles. The highest BCUT2D eigenvalue weighted by Crippen LogP contribution is 2.35. The zero-order valence-corrected chi connectivity index (χ0v) is 13.9. The lowest BCUT2D eigenvalue weighted by atomic mass is 9.97. The number of furan rings is 1. The number of carbonyl (C=O) groups is 2. The molecule has 0 bridgehead atoms. The molecular weight excluding hydrogens is 312 g/mol. The van der Waals surface area contributed by atoms with Crippen molar-refractivity contribution in [3.63, 3.8) is 0 Å². The zero-order valence-electron chi connectivity index (χ0n) is 13.1. The number of hydrogen-bond acceptors (Lipinski definition) is 4. The van der Waals surface area contributed by atoms with Crippen LogP contribution in [0.3, 0.4) is 0 Å². The summed E-state index contributed by atoms with van der Waals surface area (Å²) in [6.45, 7) is 3.19. The molecule has 0 aliphatic carbocycles. The Morgan fingerprint density at radius 3 is 3.04 bits per heavy atom. The molecule has 0 saturated carbocycles. The first kappa shape index (κ1) is 15.8. The van der Waals surface area contributed by atoms with E-state index in [9.17, 15) is 9.59 Å². The average Bonchev–Trinajstić information content (AvgIpc) is 3.24. The maximum Gasteiger partial charge on any atom is 0.286 e. The predicted molar refractivity (Wildman–Crippen MR) is 88.4 cm³/mol. The largest absolute Gasteiger partial charge is 0.459 e. The third-order valence-corrected chi connectivity index (χ3v) is 5.17. The van der Waals surface area contributed by atoms with Gasteiger partial charge in [0.15, 0.2) is 5.76 Å². The second kappa shape index (κ2) is 7.00. The van der Waals surface area contributed by atoms with Crippen molar-refractivity contribution in [1.29, 1.82) is 0 Å². The van der Waals surface area contributed by atoms with Gasteiger partial charge in [0.2, 0.25) is 5.91 Å². The molecule has 0 unspecified atom stereocenters. The smallest absolute Gasteiger partial charge is 0.286 e. The van der Waals surface area contributed by atoms with Gasteiger partial charge in [0.05, 0.1) is 12.3 Å². The van der Waals surface area contributed by atoms with Crippen molar-refractivity contribution in [2.45, 2.75) is 32.2 Å². The van der Waals surface area contributed by atoms with Gasteiger partial charge in [-0.2, -0.15) is 0 Å². The van der Waals surface area contributed by atoms with E-state index < -0.39 is 0 Å². The van der Waals surface area contributed by atoms with Crippen molar-refractivity contribution in [2.75, 3.05) is 13.1 Å². The van der Waals surface area contributed by atoms with E-state index in [0.29, 0.717) is 13.0 Å². The van der Waals surface area contributed by atoms with Gasteiger partial charge in [-0.15, -0.1) is 11.3 Å². The number of nitrogens with zero attached hydrogens (tertiary/aromatic N) is 1. The maximum atomic E-state index is 12.5. The molecule has 0 saturated heterocycles. The first-order valence-corrected chi connectivity index (χ1v) is 8.76. The molecule has 6 heteroatoms. The standard InChI is InChI=1S/C17H20N2O3S/c1-2-13-12-7-11-23-15(12)6-9-19(13)16(20)5-8-18-17(21)14-4-3-10-22-14/h3-4,7,10-11,13H,2,5-6,8-9H2,1H3,(H,18,21)/t13-/m0/s1. The van der Waals surface area contributed by atoms with Crippen LogP contribution in [0.2, 0.25) is 0 Å². The molecule has 2 amide bonds. The number of fused-ring (bicyclic) bond motifs is 1. The third-order valence-electron chi connectivity index (χ3n) is 4.17. The molecule has 0 fully saturated rings. The molecule has 0 radical (unpaired) electrons. The summed E-state index contributed by atoms with van der Waals surface area (Å²) in [5.74, 6) is 0.0758. The fourth-order valence-corrected chi connectivity index (χ4v) is 3.98. The first-order valence-electron chi connectivity index (χ1n) is 7.88. The highest BCUT2D eigenvalue weighted by molar-refractivity contribution is 7.10. The Morgan fingerprint density at radius 1 is 1.43 bits per heavy atom. The fraction of sp³-hybridized carbons (Fsp3) is 0.412. The van der Waals surface area contributed by atoms with Gasteiger partial charge in [0.1, 0.15) is 0 Å². The van der Waals surface area contributed by atoms with E-state index in [-0.39, 0.29) is 23.6 Å². The average molecular weight is 332 g/mol. The monoisotopic (exact) mass is 332 g/mol. The minimum atomic E-state index is -0.284. The topological polar surface area (TPSA) is 62.6 Å². The third kappa shape index (κ3) is 3.32. The van der Waals surface area contributed by atoms with Gasteiger partial charge in [-0.1, -0.05) is 6.92 Å². The van der Waals surface area contributed by atoms with Crippen molar-refractivity contribution in [3.8, 4) is 0 Å². The van der Waals surface area contributed by atoms with E-state index in [1.807, 2.05) is 4.90 Å². The van der Waals surface area contributed by atoms with Gasteiger partial charge in [-0.3, -0.25) is 9.59 Å². The molecule has 3 rings (SSSR count). The summed E-state index contributed by atoms with van der Waals surface area (Å²) >= 11 is 1.77. The Hall–Kier alpha value is -2.08. The van der Waals surface area contributed by atoms with Crippen molar-refractivity contribution in [1.82, 2.24) is 10.2 Å². The van der Waals surface area contributed by atoms with Gasteiger partial charge >= 0.3 is 0 Å². The molecule has 0 aromatic carbocycles. The van der Waals surface area contributed by atoms with E-state index in [0.717, 1.165) is 19.4 Å². The lowest BCUT2D eigenvalue weighted by Crippen LogP contribution is -2.40. The number of amides is 2. The zero-order chi connectivity index (χ0) is 16.2. The molecule has 0 spiro atoms. The van der Waals surface area contributed by atoms with Crippen molar-refractivity contribution >= 4 is 23.2 Å². The minimum Gasteiger partial charge on any atom is -0.459 e. The lowest BCUT2D eigenvalue weighted by molar-refractivity contribution is -0.134. The Bertz CT molecular complexity index is 678. The summed E-state index contributed by atoms with van der Waals surface area (Å²) in [6.07, 6.45) is 3.60. The van der Waals surface area contributed by atoms with Gasteiger partial charge < -0.3 is 14.6 Å². The van der Waals surface area contributed by atoms with E-state index in [4.69, 9.17) is 4.42 Å². The number of rotatable bonds is 5. The highest BCUT2D eigenvalue weighted by atomic mass is 32.1. The van der Waals surface area contributed by atoms with Crippen LogP contribution in [-0.2, 0) is 11.2 Å². The molecular formula is C17H20N2O3S. The Balaban J connectivity index is 1.55. The van der Waals surface area contributed by atoms with Crippen molar-refractivity contribution in [3.05, 3.63) is 46.0 Å². The molecule has 2 aromatic rings. The molecule has 5 nitrogen and oxygen atoms in total. The van der Waals surface area contributed by atoms with Crippen LogP contribution in [0.15, 0.2) is 34.3 Å². The Kier molecular flexibility index (Phi) is 4.81. The van der Waals surface area contributed by atoms with Crippen LogP contribution in [0.25, 0.3) is 0 Å². The number of nitrogens with one attached hydrogen (secondary N) is 1. The molecule has 3 heterocycles. The van der Waals surface area contributed by atoms with Gasteiger partial charge in [-0.25, -0.2) is 0 Å². The predicted octanol–water partition coefficient (Wildman–Crippen LogP) is 3.00. The number of hydrogen-bond donors (Lipinski definition) is 1. The van der Waals surface area contributed by atoms with Crippen LogP contribution < -0.4 is 5.32 Å². The van der Waals surface area contributed by atoms with E-state index in [2.05, 4.69) is 23.7 Å². The van der Waals surface area contributed by atoms with Crippen LogP contribution in [-0.4, -0.2) is 29.8 Å². The molecule has 23 heavy (non-hydrogen) atoms. The summed E-state index contributed by atoms with van der Waals surface area (Å²) in [5.41, 5.74) is 1.29. The van der Waals surface area contributed by atoms with Crippen LogP contribution in [0.5, 0.6) is 0 Å².